The summed E-state index contributed by atoms with van der Waals surface area (Å²) in [4.78, 5) is 0. The van der Waals surface area contributed by atoms with Crippen LogP contribution >= 0.6 is 11.3 Å². The van der Waals surface area contributed by atoms with E-state index in [9.17, 15) is 0 Å². The lowest BCUT2D eigenvalue weighted by molar-refractivity contribution is -0.0443. The second-order valence-corrected chi connectivity index (χ2v) is 4.65. The number of nitrogens with two attached hydrogens (primary N) is 1. The Morgan fingerprint density at radius 1 is 1.71 bits per heavy atom. The second-order valence-electron chi connectivity index (χ2n) is 3.87. The van der Waals surface area contributed by atoms with Crippen LogP contribution in [0.4, 0.5) is 0 Å². The first kappa shape index (κ1) is 10.1. The van der Waals surface area contributed by atoms with Crippen molar-refractivity contribution in [1.29, 1.82) is 0 Å². The Morgan fingerprint density at radius 3 is 3.07 bits per heavy atom. The quantitative estimate of drug-likeness (QED) is 0.833. The molecule has 1 aliphatic rings. The van der Waals surface area contributed by atoms with Gasteiger partial charge in [0, 0.05) is 6.54 Å². The van der Waals surface area contributed by atoms with Gasteiger partial charge < -0.3 is 10.5 Å². The Kier molecular flexibility index (Phi) is 2.91. The highest BCUT2D eigenvalue weighted by molar-refractivity contribution is 7.08. The van der Waals surface area contributed by atoms with Crippen LogP contribution in [-0.4, -0.2) is 12.6 Å². The van der Waals surface area contributed by atoms with Gasteiger partial charge in [0.1, 0.15) is 0 Å². The van der Waals surface area contributed by atoms with Gasteiger partial charge in [0.2, 0.25) is 0 Å². The molecular formula is C11H17NOS. The van der Waals surface area contributed by atoms with Crippen LogP contribution in [0.5, 0.6) is 0 Å². The first-order valence-corrected chi connectivity index (χ1v) is 6.15. The molecule has 0 radical (unpaired) electrons. The minimum absolute atomic E-state index is 0.0377. The number of hydrogen-bond donors (Lipinski definition) is 1. The summed E-state index contributed by atoms with van der Waals surface area (Å²) in [6.45, 7) is 2.84. The molecule has 1 fully saturated rings. The molecule has 2 rings (SSSR count). The molecule has 0 saturated carbocycles. The Hall–Kier alpha value is -0.380. The van der Waals surface area contributed by atoms with Crippen molar-refractivity contribution in [2.24, 2.45) is 5.73 Å². The summed E-state index contributed by atoms with van der Waals surface area (Å²) in [5.74, 6) is 0. The maximum atomic E-state index is 6.07. The van der Waals surface area contributed by atoms with E-state index < -0.39 is 0 Å². The molecule has 1 aromatic rings. The van der Waals surface area contributed by atoms with Crippen molar-refractivity contribution in [1.82, 2.24) is 0 Å². The Morgan fingerprint density at radius 2 is 2.57 bits per heavy atom. The van der Waals surface area contributed by atoms with Crippen LogP contribution in [0.15, 0.2) is 16.8 Å². The summed E-state index contributed by atoms with van der Waals surface area (Å²) in [5.41, 5.74) is 6.94. The molecule has 1 aromatic heterocycles. The van der Waals surface area contributed by atoms with Gasteiger partial charge >= 0.3 is 0 Å². The fourth-order valence-electron chi connectivity index (χ4n) is 2.20. The molecule has 3 heteroatoms. The molecule has 2 heterocycles. The largest absolute Gasteiger partial charge is 0.366 e. The monoisotopic (exact) mass is 211 g/mol. The SMILES string of the molecule is CCC1(c2ccsc2)CCC(CN)O1. The zero-order valence-corrected chi connectivity index (χ0v) is 9.35. The molecule has 78 valence electrons. The van der Waals surface area contributed by atoms with Crippen LogP contribution in [0.1, 0.15) is 31.7 Å². The Labute approximate surface area is 89.1 Å². The molecule has 2 atom stereocenters. The number of ether oxygens (including phenoxy) is 1. The highest BCUT2D eigenvalue weighted by Gasteiger charge is 2.39. The number of hydrogen-bond acceptors (Lipinski definition) is 3. The lowest BCUT2D eigenvalue weighted by Gasteiger charge is -2.27. The Balaban J connectivity index is 2.20. The topological polar surface area (TPSA) is 35.2 Å². The minimum Gasteiger partial charge on any atom is -0.366 e. The average molecular weight is 211 g/mol. The molecular weight excluding hydrogens is 194 g/mol. The summed E-state index contributed by atoms with van der Waals surface area (Å²) >= 11 is 1.74. The van der Waals surface area contributed by atoms with Crippen molar-refractivity contribution in [2.45, 2.75) is 37.9 Å². The van der Waals surface area contributed by atoms with Gasteiger partial charge in [-0.2, -0.15) is 11.3 Å². The second kappa shape index (κ2) is 4.01. The minimum atomic E-state index is -0.0377. The van der Waals surface area contributed by atoms with Crippen LogP contribution < -0.4 is 5.73 Å². The van der Waals surface area contributed by atoms with Gasteiger partial charge in [0.25, 0.3) is 0 Å². The van der Waals surface area contributed by atoms with Crippen molar-refractivity contribution >= 4 is 11.3 Å². The zero-order chi connectivity index (χ0) is 10.0. The van der Waals surface area contributed by atoms with Gasteiger partial charge in [0.15, 0.2) is 0 Å². The highest BCUT2D eigenvalue weighted by Crippen LogP contribution is 2.42. The van der Waals surface area contributed by atoms with Crippen molar-refractivity contribution in [3.63, 3.8) is 0 Å². The third-order valence-electron chi connectivity index (χ3n) is 3.14. The fraction of sp³-hybridized carbons (Fsp3) is 0.636. The fourth-order valence-corrected chi connectivity index (χ4v) is 2.94. The molecule has 0 aliphatic carbocycles. The highest BCUT2D eigenvalue weighted by atomic mass is 32.1. The third-order valence-corrected chi connectivity index (χ3v) is 3.83. The van der Waals surface area contributed by atoms with Crippen LogP contribution in [-0.2, 0) is 10.3 Å². The van der Waals surface area contributed by atoms with Gasteiger partial charge in [-0.1, -0.05) is 6.92 Å². The van der Waals surface area contributed by atoms with E-state index in [1.807, 2.05) is 0 Å². The molecule has 2 nitrogen and oxygen atoms in total. The van der Waals surface area contributed by atoms with Crippen molar-refractivity contribution in [2.75, 3.05) is 6.54 Å². The molecule has 0 spiro atoms. The van der Waals surface area contributed by atoms with E-state index in [1.54, 1.807) is 11.3 Å². The number of thiophene rings is 1. The lowest BCUT2D eigenvalue weighted by atomic mass is 9.90. The van der Waals surface area contributed by atoms with Crippen molar-refractivity contribution in [3.8, 4) is 0 Å². The zero-order valence-electron chi connectivity index (χ0n) is 8.53. The van der Waals surface area contributed by atoms with Gasteiger partial charge in [-0.15, -0.1) is 0 Å². The lowest BCUT2D eigenvalue weighted by Crippen LogP contribution is -2.28. The predicted molar refractivity (Wildman–Crippen MR) is 59.4 cm³/mol. The summed E-state index contributed by atoms with van der Waals surface area (Å²) in [6.07, 6.45) is 3.51. The molecule has 0 bridgehead atoms. The van der Waals surface area contributed by atoms with Gasteiger partial charge in [0.05, 0.1) is 11.7 Å². The van der Waals surface area contributed by atoms with E-state index in [-0.39, 0.29) is 11.7 Å². The van der Waals surface area contributed by atoms with Gasteiger partial charge in [-0.05, 0) is 41.7 Å². The molecule has 14 heavy (non-hydrogen) atoms. The standard InChI is InChI=1S/C11H17NOS/c1-2-11(9-4-6-14-8-9)5-3-10(7-12)13-11/h4,6,8,10H,2-3,5,7,12H2,1H3. The van der Waals surface area contributed by atoms with E-state index in [1.165, 1.54) is 5.56 Å². The van der Waals surface area contributed by atoms with Crippen LogP contribution in [0.25, 0.3) is 0 Å². The van der Waals surface area contributed by atoms with Crippen LogP contribution in [0, 0.1) is 0 Å². The summed E-state index contributed by atoms with van der Waals surface area (Å²) in [6, 6.07) is 2.17. The average Bonchev–Trinajstić information content (AvgIpc) is 2.87. The molecule has 2 N–H and O–H groups in total. The number of rotatable bonds is 3. The van der Waals surface area contributed by atoms with Crippen molar-refractivity contribution < 1.29 is 4.74 Å². The van der Waals surface area contributed by atoms with Crippen LogP contribution in [0.2, 0.25) is 0 Å². The van der Waals surface area contributed by atoms with E-state index in [2.05, 4.69) is 23.8 Å². The molecule has 1 aliphatic heterocycles. The molecule has 0 amide bonds. The normalized spacial score (nSPS) is 32.3. The van der Waals surface area contributed by atoms with E-state index >= 15 is 0 Å². The Bertz CT molecular complexity index is 285. The van der Waals surface area contributed by atoms with Crippen molar-refractivity contribution in [3.05, 3.63) is 22.4 Å². The summed E-state index contributed by atoms with van der Waals surface area (Å²) in [5, 5.41) is 4.31. The van der Waals surface area contributed by atoms with E-state index in [0.717, 1.165) is 19.3 Å². The van der Waals surface area contributed by atoms with E-state index in [4.69, 9.17) is 10.5 Å². The van der Waals surface area contributed by atoms with Gasteiger partial charge in [-0.25, -0.2) is 0 Å². The summed E-state index contributed by atoms with van der Waals surface area (Å²) in [7, 11) is 0. The van der Waals surface area contributed by atoms with Crippen LogP contribution in [0.3, 0.4) is 0 Å². The molecule has 0 aromatic carbocycles. The first-order chi connectivity index (χ1) is 6.80. The smallest absolute Gasteiger partial charge is 0.0942 e. The predicted octanol–water partition coefficient (Wildman–Crippen LogP) is 2.49. The maximum Gasteiger partial charge on any atom is 0.0942 e. The maximum absolute atomic E-state index is 6.07. The first-order valence-electron chi connectivity index (χ1n) is 5.21. The van der Waals surface area contributed by atoms with Gasteiger partial charge in [-0.3, -0.25) is 0 Å². The van der Waals surface area contributed by atoms with E-state index in [0.29, 0.717) is 6.54 Å². The molecule has 2 unspecified atom stereocenters. The third kappa shape index (κ3) is 1.60. The summed E-state index contributed by atoms with van der Waals surface area (Å²) < 4.78 is 6.07. The molecule has 1 saturated heterocycles.